The highest BCUT2D eigenvalue weighted by Crippen LogP contribution is 2.19. The maximum absolute atomic E-state index is 9.97. The quantitative estimate of drug-likeness (QED) is 0.465. The van der Waals surface area contributed by atoms with Crippen molar-refractivity contribution in [2.45, 2.75) is 11.3 Å². The molecule has 0 saturated carbocycles. The number of benzene rings is 2. The van der Waals surface area contributed by atoms with Gasteiger partial charge in [-0.25, -0.2) is 4.79 Å². The Hall–Kier alpha value is -1.83. The fraction of sp³-hybridized carbons (Fsp3) is 0.0714. The first kappa shape index (κ1) is 11.6. The summed E-state index contributed by atoms with van der Waals surface area (Å²) in [7, 11) is 0. The smallest absolute Gasteiger partial charge is 0.210 e. The van der Waals surface area contributed by atoms with E-state index in [1.54, 1.807) is 0 Å². The summed E-state index contributed by atoms with van der Waals surface area (Å²) in [5.74, 6) is 0. The Morgan fingerprint density at radius 1 is 0.941 bits per heavy atom. The first-order valence-electron chi connectivity index (χ1n) is 5.25. The van der Waals surface area contributed by atoms with Crippen molar-refractivity contribution >= 4 is 18.0 Å². The van der Waals surface area contributed by atoms with Crippen molar-refractivity contribution in [3.63, 3.8) is 0 Å². The number of rotatable bonds is 4. The summed E-state index contributed by atoms with van der Waals surface area (Å²) in [6.07, 6.45) is 2.43. The van der Waals surface area contributed by atoms with Crippen LogP contribution in [0.1, 0.15) is 11.1 Å². The van der Waals surface area contributed by atoms with Crippen molar-refractivity contribution < 1.29 is 4.79 Å². The Morgan fingerprint density at radius 3 is 2.24 bits per heavy atom. The Kier molecular flexibility index (Phi) is 4.14. The highest BCUT2D eigenvalue weighted by Gasteiger charge is 1.97. The van der Waals surface area contributed by atoms with Gasteiger partial charge >= 0.3 is 0 Å². The van der Waals surface area contributed by atoms with Crippen molar-refractivity contribution in [1.82, 2.24) is 0 Å². The molecular weight excluding hydrogens is 230 g/mol. The van der Waals surface area contributed by atoms with Crippen LogP contribution in [0.5, 0.6) is 0 Å². The normalized spacial score (nSPS) is 9.65. The van der Waals surface area contributed by atoms with E-state index in [1.807, 2.05) is 30.3 Å². The maximum atomic E-state index is 9.97. The molecule has 17 heavy (non-hydrogen) atoms. The summed E-state index contributed by atoms with van der Waals surface area (Å²) in [5.41, 5.74) is 2.54. The molecule has 0 bridgehead atoms. The third kappa shape index (κ3) is 3.59. The van der Waals surface area contributed by atoms with E-state index >= 15 is 0 Å². The Bertz CT molecular complexity index is 516. The summed E-state index contributed by atoms with van der Waals surface area (Å²) in [6, 6.07) is 18.3. The summed E-state index contributed by atoms with van der Waals surface area (Å²) in [5, 5.41) is 0. The molecule has 84 valence electrons. The molecule has 0 aliphatic heterocycles. The number of carbonyl (C=O) groups excluding carboxylic acids is 1. The maximum Gasteiger partial charge on any atom is 0.247 e. The average Bonchev–Trinajstić information content (AvgIpc) is 2.39. The van der Waals surface area contributed by atoms with Crippen LogP contribution in [0, 0.1) is 0 Å². The van der Waals surface area contributed by atoms with Gasteiger partial charge in [-0.05, 0) is 29.7 Å². The van der Waals surface area contributed by atoms with Crippen LogP contribution in [0.2, 0.25) is 0 Å². The molecule has 0 N–H and O–H groups in total. The number of hydrogen-bond acceptors (Lipinski definition) is 3. The van der Waals surface area contributed by atoms with Crippen molar-refractivity contribution in [1.29, 1.82) is 0 Å². The zero-order valence-electron chi connectivity index (χ0n) is 9.17. The van der Waals surface area contributed by atoms with Gasteiger partial charge in [-0.1, -0.05) is 42.5 Å². The highest BCUT2D eigenvalue weighted by molar-refractivity contribution is 7.98. The van der Waals surface area contributed by atoms with Crippen LogP contribution >= 0.6 is 11.9 Å². The average molecular weight is 241 g/mol. The molecule has 0 unspecified atom stereocenters. The number of isocyanates is 1. The molecule has 0 aliphatic carbocycles. The molecule has 3 heteroatoms. The molecular formula is C14H11NOS. The molecule has 0 aromatic heterocycles. The van der Waals surface area contributed by atoms with Gasteiger partial charge in [0.15, 0.2) is 0 Å². The minimum absolute atomic E-state index is 0.919. The van der Waals surface area contributed by atoms with Gasteiger partial charge in [-0.2, -0.15) is 0 Å². The van der Waals surface area contributed by atoms with E-state index in [1.165, 1.54) is 17.2 Å². The van der Waals surface area contributed by atoms with Crippen LogP contribution in [0.15, 0.2) is 63.9 Å². The van der Waals surface area contributed by atoms with Crippen molar-refractivity contribution in [3.8, 4) is 0 Å². The van der Waals surface area contributed by atoms with Gasteiger partial charge in [0.05, 0.1) is 0 Å². The van der Waals surface area contributed by atoms with Gasteiger partial charge in [0.1, 0.15) is 0 Å². The molecule has 2 nitrogen and oxygen atoms in total. The molecule has 2 rings (SSSR count). The standard InChI is InChI=1S/C14H11NOS/c16-11-15-17-14-8-6-13(7-9-14)10-12-4-2-1-3-5-12/h1-9H,10H2. The van der Waals surface area contributed by atoms with E-state index < -0.39 is 0 Å². The second kappa shape index (κ2) is 6.04. The van der Waals surface area contributed by atoms with E-state index in [2.05, 4.69) is 28.7 Å². The predicted octanol–water partition coefficient (Wildman–Crippen LogP) is 3.62. The topological polar surface area (TPSA) is 29.4 Å². The molecule has 0 amide bonds. The molecule has 2 aromatic rings. The molecule has 0 radical (unpaired) electrons. The highest BCUT2D eigenvalue weighted by atomic mass is 32.2. The van der Waals surface area contributed by atoms with Crippen LogP contribution < -0.4 is 0 Å². The molecule has 2 aromatic carbocycles. The monoisotopic (exact) mass is 241 g/mol. The summed E-state index contributed by atoms with van der Waals surface area (Å²) in [6.45, 7) is 0. The molecule has 0 aliphatic rings. The lowest BCUT2D eigenvalue weighted by atomic mass is 10.1. The zero-order chi connectivity index (χ0) is 11.9. The third-order valence-corrected chi connectivity index (χ3v) is 3.01. The minimum Gasteiger partial charge on any atom is -0.210 e. The lowest BCUT2D eigenvalue weighted by Gasteiger charge is -2.02. The van der Waals surface area contributed by atoms with Crippen molar-refractivity contribution in [2.75, 3.05) is 0 Å². The number of nitrogens with zero attached hydrogens (tertiary/aromatic N) is 1. The second-order valence-electron chi connectivity index (χ2n) is 3.58. The van der Waals surface area contributed by atoms with Gasteiger partial charge in [0, 0.05) is 16.8 Å². The SMILES string of the molecule is O=C=NSc1ccc(Cc2ccccc2)cc1. The van der Waals surface area contributed by atoms with Crippen molar-refractivity contribution in [3.05, 3.63) is 65.7 Å². The van der Waals surface area contributed by atoms with Crippen LogP contribution in [-0.4, -0.2) is 6.08 Å². The van der Waals surface area contributed by atoms with E-state index in [-0.39, 0.29) is 0 Å². The predicted molar refractivity (Wildman–Crippen MR) is 69.7 cm³/mol. The molecule has 0 fully saturated rings. The van der Waals surface area contributed by atoms with E-state index in [0.717, 1.165) is 23.3 Å². The van der Waals surface area contributed by atoms with Crippen LogP contribution in [0.3, 0.4) is 0 Å². The minimum atomic E-state index is 0.919. The van der Waals surface area contributed by atoms with Gasteiger partial charge in [0.2, 0.25) is 6.08 Å². The van der Waals surface area contributed by atoms with Gasteiger partial charge in [-0.15, -0.1) is 4.40 Å². The van der Waals surface area contributed by atoms with E-state index in [0.29, 0.717) is 0 Å². The zero-order valence-corrected chi connectivity index (χ0v) is 9.98. The fourth-order valence-electron chi connectivity index (χ4n) is 1.57. The molecule has 0 atom stereocenters. The number of hydrogen-bond donors (Lipinski definition) is 0. The third-order valence-electron chi connectivity index (χ3n) is 2.36. The van der Waals surface area contributed by atoms with Crippen LogP contribution in [0.25, 0.3) is 0 Å². The first-order chi connectivity index (χ1) is 8.38. The molecule has 0 saturated heterocycles. The van der Waals surface area contributed by atoms with Gasteiger partial charge in [0.25, 0.3) is 0 Å². The van der Waals surface area contributed by atoms with Gasteiger partial charge in [-0.3, -0.25) is 0 Å². The second-order valence-corrected chi connectivity index (χ2v) is 4.42. The lowest BCUT2D eigenvalue weighted by molar-refractivity contribution is 0.566. The molecule has 0 heterocycles. The summed E-state index contributed by atoms with van der Waals surface area (Å²) in [4.78, 5) is 10.9. The summed E-state index contributed by atoms with van der Waals surface area (Å²) >= 11 is 1.14. The molecule has 0 spiro atoms. The lowest BCUT2D eigenvalue weighted by Crippen LogP contribution is -1.86. The Morgan fingerprint density at radius 2 is 1.59 bits per heavy atom. The van der Waals surface area contributed by atoms with E-state index in [9.17, 15) is 4.79 Å². The summed E-state index contributed by atoms with van der Waals surface area (Å²) < 4.78 is 3.47. The Balaban J connectivity index is 2.05. The van der Waals surface area contributed by atoms with Crippen LogP contribution in [-0.2, 0) is 11.2 Å². The Labute approximate surface area is 105 Å². The largest absolute Gasteiger partial charge is 0.247 e. The first-order valence-corrected chi connectivity index (χ1v) is 6.03. The van der Waals surface area contributed by atoms with Gasteiger partial charge < -0.3 is 0 Å². The fourth-order valence-corrected chi connectivity index (χ4v) is 1.97. The van der Waals surface area contributed by atoms with E-state index in [4.69, 9.17) is 0 Å². The van der Waals surface area contributed by atoms with Crippen molar-refractivity contribution in [2.24, 2.45) is 4.40 Å². The van der Waals surface area contributed by atoms with Crippen LogP contribution in [0.4, 0.5) is 0 Å².